The molecule has 0 atom stereocenters. The van der Waals surface area contributed by atoms with Crippen LogP contribution in [0.4, 0.5) is 0 Å². The van der Waals surface area contributed by atoms with E-state index >= 15 is 0 Å². The van der Waals surface area contributed by atoms with Crippen LogP contribution < -0.4 is 5.73 Å². The third-order valence-corrected chi connectivity index (χ3v) is 2.89. The standard InChI is InChI=1S/C10H23N3S/c1-9(2)13(6-4-8-14-3)7-5-10(11)12/h9H,4-8H2,1-3H3,(H3,11,12). The minimum absolute atomic E-state index is 0.292. The molecule has 0 rings (SSSR count). The molecule has 0 fully saturated rings. The molecule has 0 heterocycles. The second-order valence-electron chi connectivity index (χ2n) is 3.75. The zero-order chi connectivity index (χ0) is 11.0. The molecular formula is C10H23N3S. The Kier molecular flexibility index (Phi) is 7.99. The Balaban J connectivity index is 3.72. The second kappa shape index (κ2) is 8.12. The van der Waals surface area contributed by atoms with Crippen LogP contribution in [0.5, 0.6) is 0 Å². The second-order valence-corrected chi connectivity index (χ2v) is 4.74. The summed E-state index contributed by atoms with van der Waals surface area (Å²) in [6.45, 7) is 6.42. The third kappa shape index (κ3) is 7.21. The number of rotatable bonds is 8. The first-order valence-corrected chi connectivity index (χ1v) is 6.53. The summed E-state index contributed by atoms with van der Waals surface area (Å²) in [5, 5.41) is 7.19. The number of hydrogen-bond donors (Lipinski definition) is 2. The lowest BCUT2D eigenvalue weighted by Crippen LogP contribution is -2.34. The number of nitrogens with two attached hydrogens (primary N) is 1. The van der Waals surface area contributed by atoms with E-state index < -0.39 is 0 Å². The minimum Gasteiger partial charge on any atom is -0.388 e. The zero-order valence-electron chi connectivity index (χ0n) is 9.55. The molecule has 0 unspecified atom stereocenters. The molecule has 3 N–H and O–H groups in total. The molecule has 0 amide bonds. The summed E-state index contributed by atoms with van der Waals surface area (Å²) in [6, 6.07) is 0.552. The lowest BCUT2D eigenvalue weighted by atomic mass is 10.2. The zero-order valence-corrected chi connectivity index (χ0v) is 10.4. The molecule has 0 aromatic rings. The van der Waals surface area contributed by atoms with Gasteiger partial charge in [-0.25, -0.2) is 0 Å². The van der Waals surface area contributed by atoms with Gasteiger partial charge in [0, 0.05) is 19.0 Å². The van der Waals surface area contributed by atoms with Gasteiger partial charge in [-0.1, -0.05) is 0 Å². The monoisotopic (exact) mass is 217 g/mol. The van der Waals surface area contributed by atoms with Crippen LogP contribution >= 0.6 is 11.8 Å². The van der Waals surface area contributed by atoms with Gasteiger partial charge in [-0.05, 0) is 38.8 Å². The van der Waals surface area contributed by atoms with Crippen molar-refractivity contribution in [1.82, 2.24) is 4.90 Å². The van der Waals surface area contributed by atoms with E-state index in [0.29, 0.717) is 18.3 Å². The number of nitrogens with zero attached hydrogens (tertiary/aromatic N) is 1. The van der Waals surface area contributed by atoms with Crippen molar-refractivity contribution in [2.45, 2.75) is 32.7 Å². The van der Waals surface area contributed by atoms with Crippen molar-refractivity contribution in [2.75, 3.05) is 25.1 Å². The molecule has 0 aliphatic carbocycles. The summed E-state index contributed by atoms with van der Waals surface area (Å²) in [5.41, 5.74) is 5.35. The van der Waals surface area contributed by atoms with Crippen molar-refractivity contribution in [2.24, 2.45) is 5.73 Å². The van der Waals surface area contributed by atoms with Crippen LogP contribution in [0.2, 0.25) is 0 Å². The van der Waals surface area contributed by atoms with Gasteiger partial charge in [-0.3, -0.25) is 5.41 Å². The van der Waals surface area contributed by atoms with Crippen LogP contribution in [0.3, 0.4) is 0 Å². The quantitative estimate of drug-likeness (QED) is 0.370. The first-order valence-electron chi connectivity index (χ1n) is 5.13. The van der Waals surface area contributed by atoms with Crippen LogP contribution in [0.15, 0.2) is 0 Å². The SMILES string of the molecule is CSCCCN(CCC(=N)N)C(C)C. The fourth-order valence-corrected chi connectivity index (χ4v) is 1.72. The predicted molar refractivity (Wildman–Crippen MR) is 66.2 cm³/mol. The molecule has 0 saturated heterocycles. The molecule has 0 aromatic heterocycles. The van der Waals surface area contributed by atoms with Crippen molar-refractivity contribution in [3.8, 4) is 0 Å². The Morgan fingerprint density at radius 1 is 1.43 bits per heavy atom. The molecule has 14 heavy (non-hydrogen) atoms. The topological polar surface area (TPSA) is 53.1 Å². The lowest BCUT2D eigenvalue weighted by molar-refractivity contribution is 0.229. The highest BCUT2D eigenvalue weighted by Gasteiger charge is 2.08. The highest BCUT2D eigenvalue weighted by molar-refractivity contribution is 7.98. The molecule has 0 spiro atoms. The van der Waals surface area contributed by atoms with E-state index in [1.165, 1.54) is 12.2 Å². The highest BCUT2D eigenvalue weighted by atomic mass is 32.2. The van der Waals surface area contributed by atoms with Crippen LogP contribution in [0.1, 0.15) is 26.7 Å². The molecule has 0 aliphatic rings. The van der Waals surface area contributed by atoms with Gasteiger partial charge in [0.1, 0.15) is 0 Å². The van der Waals surface area contributed by atoms with Crippen molar-refractivity contribution >= 4 is 17.6 Å². The number of thioether (sulfide) groups is 1. The van der Waals surface area contributed by atoms with Gasteiger partial charge >= 0.3 is 0 Å². The minimum atomic E-state index is 0.292. The van der Waals surface area contributed by atoms with E-state index in [9.17, 15) is 0 Å². The van der Waals surface area contributed by atoms with E-state index in [0.717, 1.165) is 13.1 Å². The molecule has 0 aromatic carbocycles. The molecular weight excluding hydrogens is 194 g/mol. The van der Waals surface area contributed by atoms with Gasteiger partial charge in [0.15, 0.2) is 0 Å². The molecule has 0 aliphatic heterocycles. The van der Waals surface area contributed by atoms with Crippen LogP contribution in [0, 0.1) is 5.41 Å². The first-order chi connectivity index (χ1) is 6.57. The Bertz CT molecular complexity index is 159. The molecule has 0 bridgehead atoms. The number of amidine groups is 1. The Hall–Kier alpha value is -0.220. The van der Waals surface area contributed by atoms with E-state index in [1.54, 1.807) is 0 Å². The van der Waals surface area contributed by atoms with Gasteiger partial charge in [0.2, 0.25) is 0 Å². The van der Waals surface area contributed by atoms with Crippen molar-refractivity contribution in [1.29, 1.82) is 5.41 Å². The van der Waals surface area contributed by atoms with Crippen molar-refractivity contribution in [3.63, 3.8) is 0 Å². The largest absolute Gasteiger partial charge is 0.388 e. The molecule has 0 radical (unpaired) electrons. The van der Waals surface area contributed by atoms with E-state index in [4.69, 9.17) is 11.1 Å². The number of hydrogen-bond acceptors (Lipinski definition) is 3. The molecule has 0 saturated carbocycles. The summed E-state index contributed by atoms with van der Waals surface area (Å²) < 4.78 is 0. The van der Waals surface area contributed by atoms with Crippen LogP contribution in [0.25, 0.3) is 0 Å². The normalized spacial score (nSPS) is 11.2. The first kappa shape index (κ1) is 13.8. The van der Waals surface area contributed by atoms with Crippen LogP contribution in [-0.4, -0.2) is 41.9 Å². The third-order valence-electron chi connectivity index (χ3n) is 2.19. The van der Waals surface area contributed by atoms with E-state index in [1.807, 2.05) is 11.8 Å². The highest BCUT2D eigenvalue weighted by Crippen LogP contribution is 2.03. The van der Waals surface area contributed by atoms with Crippen molar-refractivity contribution < 1.29 is 0 Å². The van der Waals surface area contributed by atoms with Gasteiger partial charge in [-0.2, -0.15) is 11.8 Å². The smallest absolute Gasteiger partial charge is 0.0918 e. The molecule has 4 heteroatoms. The van der Waals surface area contributed by atoms with Gasteiger partial charge in [-0.15, -0.1) is 0 Å². The van der Waals surface area contributed by atoms with E-state index in [2.05, 4.69) is 25.0 Å². The predicted octanol–water partition coefficient (Wildman–Crippen LogP) is 1.78. The van der Waals surface area contributed by atoms with Gasteiger partial charge in [0.25, 0.3) is 0 Å². The average molecular weight is 217 g/mol. The Morgan fingerprint density at radius 3 is 2.50 bits per heavy atom. The van der Waals surface area contributed by atoms with E-state index in [-0.39, 0.29) is 0 Å². The fraction of sp³-hybridized carbons (Fsp3) is 0.900. The Morgan fingerprint density at radius 2 is 2.07 bits per heavy atom. The summed E-state index contributed by atoms with van der Waals surface area (Å²) in [4.78, 5) is 2.39. The average Bonchev–Trinajstić information content (AvgIpc) is 2.10. The fourth-order valence-electron chi connectivity index (χ4n) is 1.30. The van der Waals surface area contributed by atoms with Crippen LogP contribution in [-0.2, 0) is 0 Å². The van der Waals surface area contributed by atoms with Gasteiger partial charge in [0.05, 0.1) is 5.84 Å². The summed E-state index contributed by atoms with van der Waals surface area (Å²) in [5.74, 6) is 1.50. The summed E-state index contributed by atoms with van der Waals surface area (Å²) >= 11 is 1.89. The molecule has 84 valence electrons. The number of nitrogens with one attached hydrogen (secondary N) is 1. The van der Waals surface area contributed by atoms with Crippen molar-refractivity contribution in [3.05, 3.63) is 0 Å². The maximum absolute atomic E-state index is 7.19. The summed E-state index contributed by atoms with van der Waals surface area (Å²) in [6.07, 6.45) is 4.05. The maximum atomic E-state index is 7.19. The molecule has 3 nitrogen and oxygen atoms in total. The Labute approximate surface area is 91.9 Å². The maximum Gasteiger partial charge on any atom is 0.0918 e. The van der Waals surface area contributed by atoms with Gasteiger partial charge < -0.3 is 10.6 Å². The lowest BCUT2D eigenvalue weighted by Gasteiger charge is -2.26. The summed E-state index contributed by atoms with van der Waals surface area (Å²) in [7, 11) is 0.